The predicted molar refractivity (Wildman–Crippen MR) is 70.5 cm³/mol. The summed E-state index contributed by atoms with van der Waals surface area (Å²) in [5.41, 5.74) is 1.10. The molecule has 4 atom stereocenters. The number of H-pyrrole nitrogens is 1. The van der Waals surface area contributed by atoms with Crippen LogP contribution in [0, 0.1) is 4.64 Å². The van der Waals surface area contributed by atoms with Gasteiger partial charge in [0.1, 0.15) is 29.5 Å². The summed E-state index contributed by atoms with van der Waals surface area (Å²) in [6.45, 7) is 0.193. The highest BCUT2D eigenvalue weighted by atomic mass is 32.1. The van der Waals surface area contributed by atoms with Crippen LogP contribution in [-0.4, -0.2) is 61.8 Å². The maximum absolute atomic E-state index is 10.1. The molecule has 0 bridgehead atoms. The normalized spacial score (nSPS) is 30.1. The fourth-order valence-corrected chi connectivity index (χ4v) is 2.53. The maximum atomic E-state index is 10.1. The zero-order valence-electron chi connectivity index (χ0n) is 10.6. The molecule has 0 amide bonds. The SMILES string of the molecule is COCC1OC(n2cnc3c(=S)nc[nH]c32)C(O)C1O. The van der Waals surface area contributed by atoms with E-state index in [0.717, 1.165) is 0 Å². The minimum atomic E-state index is -1.08. The first-order valence-electron chi connectivity index (χ1n) is 6.04. The lowest BCUT2D eigenvalue weighted by Crippen LogP contribution is -2.33. The molecule has 0 spiro atoms. The second-order valence-electron chi connectivity index (χ2n) is 4.56. The van der Waals surface area contributed by atoms with E-state index in [4.69, 9.17) is 21.7 Å². The summed E-state index contributed by atoms with van der Waals surface area (Å²) in [4.78, 5) is 11.0. The summed E-state index contributed by atoms with van der Waals surface area (Å²) in [5.74, 6) is 0. The molecular formula is C11H14N4O4S. The van der Waals surface area contributed by atoms with Gasteiger partial charge in [-0.05, 0) is 0 Å². The first kappa shape index (κ1) is 13.6. The lowest BCUT2D eigenvalue weighted by Gasteiger charge is -2.16. The molecule has 20 heavy (non-hydrogen) atoms. The Balaban J connectivity index is 1.99. The van der Waals surface area contributed by atoms with Crippen molar-refractivity contribution >= 4 is 23.4 Å². The topological polar surface area (TPSA) is 105 Å². The third-order valence-electron chi connectivity index (χ3n) is 3.32. The molecule has 2 aromatic heterocycles. The summed E-state index contributed by atoms with van der Waals surface area (Å²) < 4.78 is 12.6. The number of methoxy groups -OCH3 is 1. The van der Waals surface area contributed by atoms with Gasteiger partial charge in [0, 0.05) is 7.11 Å². The fraction of sp³-hybridized carbons (Fsp3) is 0.545. The number of fused-ring (bicyclic) bond motifs is 1. The van der Waals surface area contributed by atoms with E-state index in [-0.39, 0.29) is 6.61 Å². The Kier molecular flexibility index (Phi) is 3.52. The van der Waals surface area contributed by atoms with E-state index in [0.29, 0.717) is 15.8 Å². The van der Waals surface area contributed by atoms with Gasteiger partial charge in [-0.3, -0.25) is 4.57 Å². The number of rotatable bonds is 3. The molecule has 0 saturated carbocycles. The summed E-state index contributed by atoms with van der Waals surface area (Å²) >= 11 is 5.08. The van der Waals surface area contributed by atoms with Gasteiger partial charge >= 0.3 is 0 Å². The van der Waals surface area contributed by atoms with Crippen LogP contribution in [0.15, 0.2) is 12.7 Å². The van der Waals surface area contributed by atoms with Crippen molar-refractivity contribution in [3.8, 4) is 0 Å². The number of aliphatic hydroxyl groups is 2. The number of nitrogens with zero attached hydrogens (tertiary/aromatic N) is 3. The highest BCUT2D eigenvalue weighted by Crippen LogP contribution is 2.31. The van der Waals surface area contributed by atoms with Crippen molar-refractivity contribution in [2.45, 2.75) is 24.5 Å². The molecule has 3 N–H and O–H groups in total. The van der Waals surface area contributed by atoms with Gasteiger partial charge in [0.25, 0.3) is 0 Å². The van der Waals surface area contributed by atoms with Crippen LogP contribution in [0.1, 0.15) is 6.23 Å². The number of imidazole rings is 1. The lowest BCUT2D eigenvalue weighted by molar-refractivity contribution is -0.0580. The van der Waals surface area contributed by atoms with E-state index in [1.54, 1.807) is 4.57 Å². The number of hydrogen-bond acceptors (Lipinski definition) is 7. The molecule has 3 rings (SSSR count). The van der Waals surface area contributed by atoms with Gasteiger partial charge < -0.3 is 24.7 Å². The fourth-order valence-electron chi connectivity index (χ4n) is 2.33. The van der Waals surface area contributed by atoms with Crippen molar-refractivity contribution in [1.82, 2.24) is 19.5 Å². The molecule has 9 heteroatoms. The summed E-state index contributed by atoms with van der Waals surface area (Å²) in [6, 6.07) is 0. The van der Waals surface area contributed by atoms with Gasteiger partial charge in [0.15, 0.2) is 10.9 Å². The Labute approximate surface area is 119 Å². The molecule has 1 aliphatic heterocycles. The second-order valence-corrected chi connectivity index (χ2v) is 4.95. The van der Waals surface area contributed by atoms with E-state index in [1.807, 2.05) is 0 Å². The van der Waals surface area contributed by atoms with Crippen LogP contribution in [0.2, 0.25) is 0 Å². The maximum Gasteiger partial charge on any atom is 0.165 e. The van der Waals surface area contributed by atoms with Gasteiger partial charge in [0.05, 0.1) is 19.3 Å². The molecule has 0 aliphatic carbocycles. The Bertz CT molecular complexity index is 672. The molecule has 2 aromatic rings. The predicted octanol–water partition coefficient (Wildman–Crippen LogP) is -0.246. The van der Waals surface area contributed by atoms with E-state index in [9.17, 15) is 10.2 Å². The molecule has 4 unspecified atom stereocenters. The van der Waals surface area contributed by atoms with Crippen molar-refractivity contribution < 1.29 is 19.7 Å². The van der Waals surface area contributed by atoms with Crippen molar-refractivity contribution in [2.75, 3.05) is 13.7 Å². The molecular weight excluding hydrogens is 284 g/mol. The van der Waals surface area contributed by atoms with Crippen LogP contribution in [0.4, 0.5) is 0 Å². The molecule has 3 heterocycles. The molecule has 1 aliphatic rings. The largest absolute Gasteiger partial charge is 0.387 e. The van der Waals surface area contributed by atoms with Crippen molar-refractivity contribution in [2.24, 2.45) is 0 Å². The van der Waals surface area contributed by atoms with Crippen LogP contribution < -0.4 is 0 Å². The smallest absolute Gasteiger partial charge is 0.165 e. The molecule has 8 nitrogen and oxygen atoms in total. The monoisotopic (exact) mass is 298 g/mol. The van der Waals surface area contributed by atoms with E-state index < -0.39 is 24.5 Å². The lowest BCUT2D eigenvalue weighted by atomic mass is 10.1. The number of aliphatic hydroxyl groups excluding tert-OH is 2. The number of nitrogens with one attached hydrogen (secondary N) is 1. The highest BCUT2D eigenvalue weighted by Gasteiger charge is 2.44. The Morgan fingerprint density at radius 3 is 3.00 bits per heavy atom. The zero-order valence-corrected chi connectivity index (χ0v) is 11.4. The first-order chi connectivity index (χ1) is 9.63. The van der Waals surface area contributed by atoms with E-state index >= 15 is 0 Å². The average molecular weight is 298 g/mol. The Hall–Kier alpha value is -1.39. The molecule has 108 valence electrons. The van der Waals surface area contributed by atoms with Gasteiger partial charge in [0.2, 0.25) is 0 Å². The van der Waals surface area contributed by atoms with Crippen LogP contribution in [-0.2, 0) is 9.47 Å². The van der Waals surface area contributed by atoms with Gasteiger partial charge in [-0.15, -0.1) is 0 Å². The van der Waals surface area contributed by atoms with Crippen molar-refractivity contribution in [3.05, 3.63) is 17.3 Å². The second kappa shape index (κ2) is 5.19. The number of aromatic nitrogens is 4. The quantitative estimate of drug-likeness (QED) is 0.671. The highest BCUT2D eigenvalue weighted by molar-refractivity contribution is 7.71. The molecule has 1 fully saturated rings. The third kappa shape index (κ3) is 2.03. The Morgan fingerprint density at radius 2 is 2.25 bits per heavy atom. The Morgan fingerprint density at radius 1 is 1.45 bits per heavy atom. The van der Waals surface area contributed by atoms with Crippen LogP contribution in [0.3, 0.4) is 0 Å². The van der Waals surface area contributed by atoms with Crippen LogP contribution >= 0.6 is 12.2 Å². The van der Waals surface area contributed by atoms with E-state index in [2.05, 4.69) is 15.0 Å². The number of hydrogen-bond donors (Lipinski definition) is 3. The van der Waals surface area contributed by atoms with Crippen molar-refractivity contribution in [3.63, 3.8) is 0 Å². The standard InChI is InChI=1S/C11H14N4O4S/c1-18-2-5-7(16)8(17)11(19-5)15-4-14-6-9(15)12-3-13-10(6)20/h3-5,7-8,11,16-17H,2H2,1H3,(H,12,13,20). The van der Waals surface area contributed by atoms with Gasteiger partial charge in [-0.1, -0.05) is 12.2 Å². The summed E-state index contributed by atoms with van der Waals surface area (Å²) in [5, 5.41) is 20.1. The minimum absolute atomic E-state index is 0.193. The molecule has 0 aromatic carbocycles. The van der Waals surface area contributed by atoms with E-state index in [1.165, 1.54) is 19.8 Å². The average Bonchev–Trinajstić information content (AvgIpc) is 2.97. The van der Waals surface area contributed by atoms with Crippen LogP contribution in [0.5, 0.6) is 0 Å². The van der Waals surface area contributed by atoms with Crippen molar-refractivity contribution in [1.29, 1.82) is 0 Å². The van der Waals surface area contributed by atoms with Gasteiger partial charge in [-0.2, -0.15) is 0 Å². The summed E-state index contributed by atoms with van der Waals surface area (Å²) in [6.07, 6.45) is -0.517. The molecule has 1 saturated heterocycles. The number of ether oxygens (including phenoxy) is 2. The minimum Gasteiger partial charge on any atom is -0.387 e. The molecule has 0 radical (unpaired) electrons. The first-order valence-corrected chi connectivity index (χ1v) is 6.45. The van der Waals surface area contributed by atoms with Crippen LogP contribution in [0.25, 0.3) is 11.2 Å². The van der Waals surface area contributed by atoms with Gasteiger partial charge in [-0.25, -0.2) is 9.97 Å². The third-order valence-corrected chi connectivity index (χ3v) is 3.62. The summed E-state index contributed by atoms with van der Waals surface area (Å²) in [7, 11) is 1.51. The number of aromatic amines is 1. The zero-order chi connectivity index (χ0) is 14.3.